The first-order chi connectivity index (χ1) is 8.65. The lowest BCUT2D eigenvalue weighted by Crippen LogP contribution is -1.92. The third kappa shape index (κ3) is 3.24. The Morgan fingerprint density at radius 1 is 1.22 bits per heavy atom. The summed E-state index contributed by atoms with van der Waals surface area (Å²) in [6.45, 7) is 0. The molecule has 2 rings (SSSR count). The van der Waals surface area contributed by atoms with Crippen LogP contribution in [0.15, 0.2) is 47.1 Å². The van der Waals surface area contributed by atoms with Gasteiger partial charge in [0.1, 0.15) is 0 Å². The van der Waals surface area contributed by atoms with Crippen LogP contribution >= 0.6 is 15.9 Å². The van der Waals surface area contributed by atoms with E-state index in [0.717, 1.165) is 16.1 Å². The molecule has 1 aromatic carbocycles. The second kappa shape index (κ2) is 5.55. The number of aliphatic carboxylic acids is 1. The fourth-order valence-electron chi connectivity index (χ4n) is 1.36. The van der Waals surface area contributed by atoms with Crippen LogP contribution in [0, 0.1) is 0 Å². The number of nitrogens with zero attached hydrogens (tertiary/aromatic N) is 2. The lowest BCUT2D eigenvalue weighted by atomic mass is 10.2. The van der Waals surface area contributed by atoms with Crippen molar-refractivity contribution in [1.82, 2.24) is 9.97 Å². The molecule has 4 nitrogen and oxygen atoms in total. The lowest BCUT2D eigenvalue weighted by molar-refractivity contribution is -0.131. The molecule has 0 aliphatic carbocycles. The van der Waals surface area contributed by atoms with Gasteiger partial charge in [-0.1, -0.05) is 28.1 Å². The third-order valence-corrected chi connectivity index (χ3v) is 2.70. The fraction of sp³-hybridized carbons (Fsp3) is 0. The fourth-order valence-corrected chi connectivity index (χ4v) is 1.62. The molecule has 0 spiro atoms. The predicted molar refractivity (Wildman–Crippen MR) is 71.8 cm³/mol. The average molecular weight is 305 g/mol. The Morgan fingerprint density at radius 3 is 2.61 bits per heavy atom. The first-order valence-corrected chi connectivity index (χ1v) is 5.94. The number of halogens is 1. The Labute approximate surface area is 112 Å². The Hall–Kier alpha value is -2.01. The summed E-state index contributed by atoms with van der Waals surface area (Å²) < 4.78 is 0.980. The van der Waals surface area contributed by atoms with Gasteiger partial charge < -0.3 is 5.11 Å². The summed E-state index contributed by atoms with van der Waals surface area (Å²) >= 11 is 3.36. The van der Waals surface area contributed by atoms with Crippen molar-refractivity contribution in [1.29, 1.82) is 0 Å². The van der Waals surface area contributed by atoms with Crippen molar-refractivity contribution in [3.8, 4) is 11.4 Å². The smallest absolute Gasteiger partial charge is 0.328 e. The molecule has 0 radical (unpaired) electrons. The molecule has 1 N–H and O–H groups in total. The molecule has 90 valence electrons. The highest BCUT2D eigenvalue weighted by molar-refractivity contribution is 9.10. The Balaban J connectivity index is 2.32. The Morgan fingerprint density at radius 2 is 1.94 bits per heavy atom. The van der Waals surface area contributed by atoms with Crippen molar-refractivity contribution >= 4 is 28.0 Å². The van der Waals surface area contributed by atoms with Gasteiger partial charge >= 0.3 is 5.97 Å². The first-order valence-electron chi connectivity index (χ1n) is 5.15. The molecule has 0 aliphatic heterocycles. The monoisotopic (exact) mass is 304 g/mol. The zero-order chi connectivity index (χ0) is 13.0. The van der Waals surface area contributed by atoms with Gasteiger partial charge in [-0.2, -0.15) is 0 Å². The van der Waals surface area contributed by atoms with Crippen molar-refractivity contribution < 1.29 is 9.90 Å². The van der Waals surface area contributed by atoms with Crippen molar-refractivity contribution in [3.05, 3.63) is 52.8 Å². The summed E-state index contributed by atoms with van der Waals surface area (Å²) in [6, 6.07) is 9.24. The Kier molecular flexibility index (Phi) is 3.84. The minimum absolute atomic E-state index is 0.560. The van der Waals surface area contributed by atoms with Gasteiger partial charge in [-0.25, -0.2) is 14.8 Å². The van der Waals surface area contributed by atoms with E-state index < -0.39 is 5.97 Å². The average Bonchev–Trinajstić information content (AvgIpc) is 2.37. The van der Waals surface area contributed by atoms with Crippen molar-refractivity contribution in [2.45, 2.75) is 0 Å². The van der Waals surface area contributed by atoms with Crippen LogP contribution in [0.25, 0.3) is 17.5 Å². The molecule has 1 heterocycles. The second-order valence-corrected chi connectivity index (χ2v) is 4.40. The highest BCUT2D eigenvalue weighted by Gasteiger charge is 2.01. The number of rotatable bonds is 3. The molecule has 1 aromatic heterocycles. The molecule has 0 saturated heterocycles. The number of hydrogen-bond acceptors (Lipinski definition) is 3. The van der Waals surface area contributed by atoms with Gasteiger partial charge in [-0.15, -0.1) is 0 Å². The standard InChI is InChI=1S/C13H9BrN2O2/c14-10-3-1-9(2-4-10)13-15-8-7-11(16-13)5-6-12(17)18/h1-8H,(H,17,18)/b6-5+. The van der Waals surface area contributed by atoms with E-state index in [1.165, 1.54) is 6.08 Å². The van der Waals surface area contributed by atoms with Gasteiger partial charge in [0.05, 0.1) is 5.69 Å². The minimum Gasteiger partial charge on any atom is -0.478 e. The minimum atomic E-state index is -1.00. The quantitative estimate of drug-likeness (QED) is 0.885. The number of aromatic nitrogens is 2. The van der Waals surface area contributed by atoms with Crippen molar-refractivity contribution in [2.24, 2.45) is 0 Å². The normalized spacial score (nSPS) is 10.7. The maximum absolute atomic E-state index is 10.4. The summed E-state index contributed by atoms with van der Waals surface area (Å²) in [5.74, 6) is -0.436. The van der Waals surface area contributed by atoms with Crippen molar-refractivity contribution in [3.63, 3.8) is 0 Å². The zero-order valence-corrected chi connectivity index (χ0v) is 10.8. The number of benzene rings is 1. The van der Waals surface area contributed by atoms with Gasteiger partial charge in [0.15, 0.2) is 5.82 Å². The molecule has 0 aliphatic rings. The van der Waals surface area contributed by atoms with Crippen LogP contribution in [-0.4, -0.2) is 21.0 Å². The summed E-state index contributed by atoms with van der Waals surface area (Å²) in [6.07, 6.45) is 4.09. The summed E-state index contributed by atoms with van der Waals surface area (Å²) in [5, 5.41) is 8.56. The molecule has 2 aromatic rings. The van der Waals surface area contributed by atoms with Gasteiger partial charge in [0, 0.05) is 22.3 Å². The van der Waals surface area contributed by atoms with Gasteiger partial charge in [0.25, 0.3) is 0 Å². The van der Waals surface area contributed by atoms with Crippen LogP contribution in [0.5, 0.6) is 0 Å². The Bertz CT molecular complexity index is 594. The molecule has 0 bridgehead atoms. The molecule has 0 atom stereocenters. The molecule has 0 unspecified atom stereocenters. The van der Waals surface area contributed by atoms with Crippen molar-refractivity contribution in [2.75, 3.05) is 0 Å². The van der Waals surface area contributed by atoms with Gasteiger partial charge in [-0.05, 0) is 24.3 Å². The van der Waals surface area contributed by atoms with E-state index in [1.807, 2.05) is 24.3 Å². The van der Waals surface area contributed by atoms with E-state index in [1.54, 1.807) is 12.3 Å². The van der Waals surface area contributed by atoms with E-state index in [4.69, 9.17) is 5.11 Å². The van der Waals surface area contributed by atoms with Crippen LogP contribution in [0.2, 0.25) is 0 Å². The van der Waals surface area contributed by atoms with E-state index in [-0.39, 0.29) is 0 Å². The summed E-state index contributed by atoms with van der Waals surface area (Å²) in [4.78, 5) is 18.9. The molecule has 0 saturated carbocycles. The number of hydrogen-bond donors (Lipinski definition) is 1. The molecule has 5 heteroatoms. The topological polar surface area (TPSA) is 63.1 Å². The highest BCUT2D eigenvalue weighted by Crippen LogP contribution is 2.18. The predicted octanol–water partition coefficient (Wildman–Crippen LogP) is 3.00. The van der Waals surface area contributed by atoms with E-state index in [9.17, 15) is 4.79 Å². The van der Waals surface area contributed by atoms with E-state index >= 15 is 0 Å². The third-order valence-electron chi connectivity index (χ3n) is 2.18. The van der Waals surface area contributed by atoms with E-state index in [2.05, 4.69) is 25.9 Å². The maximum atomic E-state index is 10.4. The van der Waals surface area contributed by atoms with Crippen LogP contribution in [0.4, 0.5) is 0 Å². The lowest BCUT2D eigenvalue weighted by Gasteiger charge is -2.01. The molecule has 0 amide bonds. The molecular weight excluding hydrogens is 296 g/mol. The second-order valence-electron chi connectivity index (χ2n) is 3.48. The van der Waals surface area contributed by atoms with Crippen LogP contribution in [0.3, 0.4) is 0 Å². The van der Waals surface area contributed by atoms with E-state index in [0.29, 0.717) is 11.5 Å². The molecular formula is C13H9BrN2O2. The zero-order valence-electron chi connectivity index (χ0n) is 9.25. The van der Waals surface area contributed by atoms with Crippen LogP contribution < -0.4 is 0 Å². The van der Waals surface area contributed by atoms with Crippen LogP contribution in [-0.2, 0) is 4.79 Å². The first kappa shape index (κ1) is 12.4. The number of carboxylic acids is 1. The summed E-state index contributed by atoms with van der Waals surface area (Å²) in [7, 11) is 0. The largest absolute Gasteiger partial charge is 0.478 e. The maximum Gasteiger partial charge on any atom is 0.328 e. The van der Waals surface area contributed by atoms with Crippen LogP contribution in [0.1, 0.15) is 5.69 Å². The molecule has 0 fully saturated rings. The van der Waals surface area contributed by atoms with Gasteiger partial charge in [-0.3, -0.25) is 0 Å². The SMILES string of the molecule is O=C(O)/C=C/c1ccnc(-c2ccc(Br)cc2)n1. The highest BCUT2D eigenvalue weighted by atomic mass is 79.9. The molecule has 18 heavy (non-hydrogen) atoms. The number of carbonyl (C=O) groups is 1. The van der Waals surface area contributed by atoms with Gasteiger partial charge in [0.2, 0.25) is 0 Å². The summed E-state index contributed by atoms with van der Waals surface area (Å²) in [5.41, 5.74) is 1.44. The number of carboxylic acid groups (broad SMARTS) is 1.